The molecule has 8 heteroatoms. The summed E-state index contributed by atoms with van der Waals surface area (Å²) in [6.45, 7) is 0.907. The standard InChI is InChI=1S/C15H17N3O4S/c19-13(18-6-1-2-10(8-18)15(20)21)4-3-12-16-17-14(22-12)11-5-7-23-9-11/h5,7,9-10H,1-4,6,8H2,(H,20,21). The van der Waals surface area contributed by atoms with E-state index in [1.807, 2.05) is 16.8 Å². The van der Waals surface area contributed by atoms with Crippen molar-refractivity contribution in [2.24, 2.45) is 5.92 Å². The molecule has 1 N–H and O–H groups in total. The van der Waals surface area contributed by atoms with Gasteiger partial charge in [0.15, 0.2) is 0 Å². The molecule has 122 valence electrons. The summed E-state index contributed by atoms with van der Waals surface area (Å²) in [6, 6.07) is 1.90. The van der Waals surface area contributed by atoms with Gasteiger partial charge < -0.3 is 14.4 Å². The molecule has 0 radical (unpaired) electrons. The van der Waals surface area contributed by atoms with Gasteiger partial charge in [-0.05, 0) is 24.3 Å². The number of carboxylic acids is 1. The molecule has 1 unspecified atom stereocenters. The van der Waals surface area contributed by atoms with Crippen LogP contribution in [-0.4, -0.2) is 45.2 Å². The molecule has 2 aromatic heterocycles. The number of rotatable bonds is 5. The van der Waals surface area contributed by atoms with Crippen molar-refractivity contribution in [2.75, 3.05) is 13.1 Å². The molecule has 7 nitrogen and oxygen atoms in total. The molecule has 0 bridgehead atoms. The number of amides is 1. The van der Waals surface area contributed by atoms with Crippen LogP contribution in [0, 0.1) is 5.92 Å². The van der Waals surface area contributed by atoms with Crippen molar-refractivity contribution < 1.29 is 19.1 Å². The van der Waals surface area contributed by atoms with E-state index in [1.165, 1.54) is 0 Å². The van der Waals surface area contributed by atoms with Gasteiger partial charge in [0.25, 0.3) is 0 Å². The number of carboxylic acid groups (broad SMARTS) is 1. The summed E-state index contributed by atoms with van der Waals surface area (Å²) in [5.74, 6) is -0.476. The number of aliphatic carboxylic acids is 1. The normalized spacial score (nSPS) is 18.1. The zero-order chi connectivity index (χ0) is 16.2. The van der Waals surface area contributed by atoms with Gasteiger partial charge in [0, 0.05) is 36.9 Å². The number of thiophene rings is 1. The molecule has 1 amide bonds. The van der Waals surface area contributed by atoms with E-state index >= 15 is 0 Å². The molecule has 1 atom stereocenters. The summed E-state index contributed by atoms with van der Waals surface area (Å²) in [5, 5.41) is 20.8. The summed E-state index contributed by atoms with van der Waals surface area (Å²) in [4.78, 5) is 24.9. The third kappa shape index (κ3) is 3.76. The van der Waals surface area contributed by atoms with Gasteiger partial charge in [0.2, 0.25) is 17.7 Å². The molecule has 23 heavy (non-hydrogen) atoms. The lowest BCUT2D eigenvalue weighted by atomic mass is 9.98. The molecule has 3 rings (SSSR count). The predicted octanol–water partition coefficient (Wildman–Crippen LogP) is 2.05. The van der Waals surface area contributed by atoms with E-state index in [0.29, 0.717) is 31.2 Å². The van der Waals surface area contributed by atoms with Gasteiger partial charge in [-0.3, -0.25) is 9.59 Å². The Balaban J connectivity index is 1.54. The maximum Gasteiger partial charge on any atom is 0.308 e. The Morgan fingerprint density at radius 1 is 1.43 bits per heavy atom. The van der Waals surface area contributed by atoms with Crippen molar-refractivity contribution >= 4 is 23.2 Å². The van der Waals surface area contributed by atoms with E-state index in [-0.39, 0.29) is 18.9 Å². The van der Waals surface area contributed by atoms with Crippen molar-refractivity contribution in [1.82, 2.24) is 15.1 Å². The highest BCUT2D eigenvalue weighted by Crippen LogP contribution is 2.21. The minimum Gasteiger partial charge on any atom is -0.481 e. The second kappa shape index (κ2) is 6.91. The van der Waals surface area contributed by atoms with Crippen molar-refractivity contribution in [3.8, 4) is 11.5 Å². The summed E-state index contributed by atoms with van der Waals surface area (Å²) in [7, 11) is 0. The number of nitrogens with zero attached hydrogens (tertiary/aromatic N) is 3. The van der Waals surface area contributed by atoms with Gasteiger partial charge in [0.05, 0.1) is 5.92 Å². The fraction of sp³-hybridized carbons (Fsp3) is 0.467. The van der Waals surface area contributed by atoms with Crippen molar-refractivity contribution in [1.29, 1.82) is 0 Å². The molecular formula is C15H17N3O4S. The average molecular weight is 335 g/mol. The number of aryl methyl sites for hydroxylation is 1. The minimum atomic E-state index is -0.834. The maximum absolute atomic E-state index is 12.2. The fourth-order valence-corrected chi connectivity index (χ4v) is 3.26. The van der Waals surface area contributed by atoms with E-state index in [4.69, 9.17) is 9.52 Å². The molecule has 1 aliphatic heterocycles. The zero-order valence-corrected chi connectivity index (χ0v) is 13.3. The first-order valence-corrected chi connectivity index (χ1v) is 8.43. The minimum absolute atomic E-state index is 0.0637. The predicted molar refractivity (Wildman–Crippen MR) is 82.9 cm³/mol. The van der Waals surface area contributed by atoms with Crippen LogP contribution in [0.15, 0.2) is 21.2 Å². The summed E-state index contributed by atoms with van der Waals surface area (Å²) >= 11 is 1.55. The van der Waals surface area contributed by atoms with E-state index < -0.39 is 11.9 Å². The summed E-state index contributed by atoms with van der Waals surface area (Å²) in [5.41, 5.74) is 0.875. The van der Waals surface area contributed by atoms with E-state index in [1.54, 1.807) is 16.2 Å². The van der Waals surface area contributed by atoms with Gasteiger partial charge in [-0.1, -0.05) is 0 Å². The first-order chi connectivity index (χ1) is 11.1. The number of hydrogen-bond acceptors (Lipinski definition) is 6. The Bertz CT molecular complexity index is 683. The second-order valence-electron chi connectivity index (χ2n) is 5.53. The van der Waals surface area contributed by atoms with E-state index in [2.05, 4.69) is 10.2 Å². The molecular weight excluding hydrogens is 318 g/mol. The van der Waals surface area contributed by atoms with Gasteiger partial charge in [-0.15, -0.1) is 10.2 Å². The second-order valence-corrected chi connectivity index (χ2v) is 6.31. The lowest BCUT2D eigenvalue weighted by Crippen LogP contribution is -2.42. The van der Waals surface area contributed by atoms with Gasteiger partial charge in [-0.25, -0.2) is 0 Å². The highest BCUT2D eigenvalue weighted by Gasteiger charge is 2.28. The number of likely N-dealkylation sites (tertiary alicyclic amines) is 1. The molecule has 3 heterocycles. The number of piperidine rings is 1. The summed E-state index contributed by atoms with van der Waals surface area (Å²) in [6.07, 6.45) is 1.97. The number of hydrogen-bond donors (Lipinski definition) is 1. The van der Waals surface area contributed by atoms with E-state index in [0.717, 1.165) is 12.0 Å². The van der Waals surface area contributed by atoms with Crippen LogP contribution in [0.5, 0.6) is 0 Å². The molecule has 0 saturated carbocycles. The molecule has 2 aromatic rings. The smallest absolute Gasteiger partial charge is 0.308 e. The van der Waals surface area contributed by atoms with Gasteiger partial charge >= 0.3 is 5.97 Å². The monoisotopic (exact) mass is 335 g/mol. The Labute approximate surface area is 136 Å². The van der Waals surface area contributed by atoms with Gasteiger partial charge in [-0.2, -0.15) is 11.3 Å². The Morgan fingerprint density at radius 3 is 3.04 bits per heavy atom. The van der Waals surface area contributed by atoms with Crippen LogP contribution in [-0.2, 0) is 16.0 Å². The first kappa shape index (κ1) is 15.7. The van der Waals surface area contributed by atoms with Gasteiger partial charge in [0.1, 0.15) is 0 Å². The third-order valence-corrected chi connectivity index (χ3v) is 4.59. The average Bonchev–Trinajstić information content (AvgIpc) is 3.23. The summed E-state index contributed by atoms with van der Waals surface area (Å²) < 4.78 is 5.54. The van der Waals surface area contributed by atoms with Crippen LogP contribution in [0.25, 0.3) is 11.5 Å². The van der Waals surface area contributed by atoms with Crippen LogP contribution >= 0.6 is 11.3 Å². The molecule has 0 aromatic carbocycles. The van der Waals surface area contributed by atoms with Crippen LogP contribution in [0.3, 0.4) is 0 Å². The van der Waals surface area contributed by atoms with Crippen LogP contribution in [0.1, 0.15) is 25.2 Å². The number of carbonyl (C=O) groups excluding carboxylic acids is 1. The Kier molecular flexibility index (Phi) is 4.71. The topological polar surface area (TPSA) is 96.5 Å². The van der Waals surface area contributed by atoms with Crippen molar-refractivity contribution in [2.45, 2.75) is 25.7 Å². The van der Waals surface area contributed by atoms with E-state index in [9.17, 15) is 9.59 Å². The van der Waals surface area contributed by atoms with Crippen LogP contribution < -0.4 is 0 Å². The lowest BCUT2D eigenvalue weighted by molar-refractivity contribution is -0.145. The Hall–Kier alpha value is -2.22. The van der Waals surface area contributed by atoms with Crippen molar-refractivity contribution in [3.05, 3.63) is 22.7 Å². The first-order valence-electron chi connectivity index (χ1n) is 7.49. The number of carbonyl (C=O) groups is 2. The SMILES string of the molecule is O=C(O)C1CCCN(C(=O)CCc2nnc(-c3ccsc3)o2)C1. The van der Waals surface area contributed by atoms with Crippen LogP contribution in [0.2, 0.25) is 0 Å². The fourth-order valence-electron chi connectivity index (χ4n) is 2.63. The lowest BCUT2D eigenvalue weighted by Gasteiger charge is -2.30. The molecule has 0 spiro atoms. The Morgan fingerprint density at radius 2 is 2.30 bits per heavy atom. The largest absolute Gasteiger partial charge is 0.481 e. The molecule has 0 aliphatic carbocycles. The number of aromatic nitrogens is 2. The zero-order valence-electron chi connectivity index (χ0n) is 12.5. The maximum atomic E-state index is 12.2. The van der Waals surface area contributed by atoms with Crippen LogP contribution in [0.4, 0.5) is 0 Å². The highest BCUT2D eigenvalue weighted by molar-refractivity contribution is 7.08. The molecule has 1 fully saturated rings. The molecule has 1 aliphatic rings. The third-order valence-electron chi connectivity index (χ3n) is 3.91. The quantitative estimate of drug-likeness (QED) is 0.898. The van der Waals surface area contributed by atoms with Crippen molar-refractivity contribution in [3.63, 3.8) is 0 Å². The molecule has 1 saturated heterocycles. The highest BCUT2D eigenvalue weighted by atomic mass is 32.1.